The number of nitrogens with zero attached hydrogens (tertiary/aromatic N) is 1. The van der Waals surface area contributed by atoms with Gasteiger partial charge in [0, 0.05) is 6.04 Å². The Morgan fingerprint density at radius 2 is 1.41 bits per heavy atom. The average Bonchev–Trinajstić information content (AvgIpc) is 2.78. The van der Waals surface area contributed by atoms with Crippen LogP contribution in [-0.2, 0) is 20.2 Å². The van der Waals surface area contributed by atoms with Gasteiger partial charge in [-0.1, -0.05) is 79.6 Å². The quantitative estimate of drug-likeness (QED) is 0.450. The average molecular weight is 479 g/mol. The van der Waals surface area contributed by atoms with Gasteiger partial charge in [0.15, 0.2) is 0 Å². The van der Waals surface area contributed by atoms with Gasteiger partial charge in [-0.2, -0.15) is 0 Å². The van der Waals surface area contributed by atoms with E-state index >= 15 is 0 Å². The summed E-state index contributed by atoms with van der Waals surface area (Å²) in [6, 6.07) is 23.9. The second kappa shape index (κ2) is 10.4. The van der Waals surface area contributed by atoms with E-state index in [1.165, 1.54) is 9.87 Å². The fraction of sp³-hybridized carbons (Fsp3) is 0.321. The Balaban J connectivity index is 1.80. The number of anilines is 1. The molecule has 0 aliphatic carbocycles. The lowest BCUT2D eigenvalue weighted by Gasteiger charge is -2.30. The van der Waals surface area contributed by atoms with Gasteiger partial charge in [-0.3, -0.25) is 9.10 Å². The van der Waals surface area contributed by atoms with E-state index in [1.807, 2.05) is 51.1 Å². The first-order valence-corrected chi connectivity index (χ1v) is 12.9. The number of sulfonamides is 1. The Hall–Kier alpha value is -3.12. The molecule has 0 saturated heterocycles. The lowest BCUT2D eigenvalue weighted by atomic mass is 9.79. The lowest BCUT2D eigenvalue weighted by Crippen LogP contribution is -2.45. The highest BCUT2D eigenvalue weighted by molar-refractivity contribution is 7.92. The molecule has 6 heteroatoms. The molecule has 0 radical (unpaired) electrons. The summed E-state index contributed by atoms with van der Waals surface area (Å²) in [4.78, 5) is 13.2. The third-order valence-electron chi connectivity index (χ3n) is 6.00. The van der Waals surface area contributed by atoms with Gasteiger partial charge < -0.3 is 5.32 Å². The molecule has 1 amide bonds. The van der Waals surface area contributed by atoms with Gasteiger partial charge in [-0.05, 0) is 62.4 Å². The number of hydrogen-bond acceptors (Lipinski definition) is 3. The van der Waals surface area contributed by atoms with Gasteiger partial charge in [0.1, 0.15) is 6.54 Å². The van der Waals surface area contributed by atoms with Crippen LogP contribution in [-0.4, -0.2) is 26.9 Å². The molecule has 180 valence electrons. The van der Waals surface area contributed by atoms with Gasteiger partial charge >= 0.3 is 0 Å². The Kier molecular flexibility index (Phi) is 7.82. The topological polar surface area (TPSA) is 66.5 Å². The zero-order valence-corrected chi connectivity index (χ0v) is 21.4. The first-order chi connectivity index (χ1) is 16.0. The zero-order chi connectivity index (χ0) is 24.9. The van der Waals surface area contributed by atoms with E-state index in [9.17, 15) is 13.2 Å². The molecular formula is C28H34N2O3S. The Morgan fingerprint density at radius 1 is 0.882 bits per heavy atom. The van der Waals surface area contributed by atoms with E-state index in [0.717, 1.165) is 17.5 Å². The molecule has 0 aliphatic rings. The summed E-state index contributed by atoms with van der Waals surface area (Å²) >= 11 is 0. The molecule has 0 aliphatic heterocycles. The summed E-state index contributed by atoms with van der Waals surface area (Å²) in [5, 5.41) is 3.01. The first kappa shape index (κ1) is 25.5. The molecule has 0 heterocycles. The molecule has 0 saturated carbocycles. The molecule has 34 heavy (non-hydrogen) atoms. The second-order valence-corrected chi connectivity index (χ2v) is 11.4. The largest absolute Gasteiger partial charge is 0.352 e. The minimum absolute atomic E-state index is 0.135. The molecule has 0 spiro atoms. The summed E-state index contributed by atoms with van der Waals surface area (Å²) in [5.41, 5.74) is 3.49. The molecule has 1 unspecified atom stereocenters. The molecule has 3 aromatic carbocycles. The van der Waals surface area contributed by atoms with E-state index in [1.54, 1.807) is 36.4 Å². The molecule has 0 bridgehead atoms. The third kappa shape index (κ3) is 6.26. The van der Waals surface area contributed by atoms with Crippen LogP contribution < -0.4 is 9.62 Å². The fourth-order valence-corrected chi connectivity index (χ4v) is 5.56. The highest BCUT2D eigenvalue weighted by atomic mass is 32.2. The minimum Gasteiger partial charge on any atom is -0.352 e. The molecule has 5 nitrogen and oxygen atoms in total. The highest BCUT2D eigenvalue weighted by Gasteiger charge is 2.29. The van der Waals surface area contributed by atoms with Gasteiger partial charge in [0.2, 0.25) is 5.91 Å². The normalized spacial score (nSPS) is 12.7. The number of nitrogens with one attached hydrogen (secondary N) is 1. The van der Waals surface area contributed by atoms with Crippen molar-refractivity contribution in [3.05, 3.63) is 95.6 Å². The maximum absolute atomic E-state index is 13.5. The Morgan fingerprint density at radius 3 is 1.97 bits per heavy atom. The monoisotopic (exact) mass is 478 g/mol. The van der Waals surface area contributed by atoms with E-state index < -0.39 is 10.0 Å². The van der Waals surface area contributed by atoms with Crippen molar-refractivity contribution >= 4 is 21.6 Å². The molecule has 3 rings (SSSR count). The molecule has 3 aromatic rings. The maximum Gasteiger partial charge on any atom is 0.264 e. The number of hydrogen-bond donors (Lipinski definition) is 1. The van der Waals surface area contributed by atoms with Crippen molar-refractivity contribution in [3.8, 4) is 0 Å². The summed E-state index contributed by atoms with van der Waals surface area (Å²) < 4.78 is 28.2. The van der Waals surface area contributed by atoms with Crippen LogP contribution in [0.1, 0.15) is 43.9 Å². The number of carbonyl (C=O) groups is 1. The number of aryl methyl sites for hydroxylation is 2. The van der Waals surface area contributed by atoms with Crippen molar-refractivity contribution < 1.29 is 13.2 Å². The number of carbonyl (C=O) groups excluding carboxylic acids is 1. The molecule has 1 N–H and O–H groups in total. The Bertz CT molecular complexity index is 1200. The number of benzene rings is 3. The van der Waals surface area contributed by atoms with Crippen molar-refractivity contribution in [1.29, 1.82) is 0 Å². The number of rotatable bonds is 9. The molecule has 0 fully saturated rings. The summed E-state index contributed by atoms with van der Waals surface area (Å²) in [5.74, 6) is -0.340. The van der Waals surface area contributed by atoms with Crippen molar-refractivity contribution in [2.75, 3.05) is 10.8 Å². The van der Waals surface area contributed by atoms with Crippen LogP contribution in [0.4, 0.5) is 5.69 Å². The molecular weight excluding hydrogens is 444 g/mol. The minimum atomic E-state index is -3.92. The lowest BCUT2D eigenvalue weighted by molar-refractivity contribution is -0.120. The van der Waals surface area contributed by atoms with E-state index in [-0.39, 0.29) is 28.8 Å². The van der Waals surface area contributed by atoms with E-state index in [0.29, 0.717) is 5.69 Å². The summed E-state index contributed by atoms with van der Waals surface area (Å²) in [7, 11) is -3.92. The van der Waals surface area contributed by atoms with Crippen LogP contribution in [0.2, 0.25) is 0 Å². The van der Waals surface area contributed by atoms with Crippen molar-refractivity contribution in [3.63, 3.8) is 0 Å². The maximum atomic E-state index is 13.5. The van der Waals surface area contributed by atoms with Gasteiger partial charge in [0.05, 0.1) is 10.6 Å². The zero-order valence-electron chi connectivity index (χ0n) is 20.6. The number of amides is 1. The van der Waals surface area contributed by atoms with Crippen LogP contribution in [0.3, 0.4) is 0 Å². The first-order valence-electron chi connectivity index (χ1n) is 11.5. The smallest absolute Gasteiger partial charge is 0.264 e. The third-order valence-corrected chi connectivity index (χ3v) is 7.79. The fourth-order valence-electron chi connectivity index (χ4n) is 4.14. The van der Waals surface area contributed by atoms with Gasteiger partial charge in [0.25, 0.3) is 10.0 Å². The van der Waals surface area contributed by atoms with Gasteiger partial charge in [-0.15, -0.1) is 0 Å². The van der Waals surface area contributed by atoms with Crippen LogP contribution in [0.5, 0.6) is 0 Å². The van der Waals surface area contributed by atoms with Crippen LogP contribution in [0, 0.1) is 13.8 Å². The summed E-state index contributed by atoms with van der Waals surface area (Å²) in [6.07, 6.45) is 0.720. The van der Waals surface area contributed by atoms with Crippen molar-refractivity contribution in [2.45, 2.75) is 57.4 Å². The summed E-state index contributed by atoms with van der Waals surface area (Å²) in [6.45, 7) is 9.78. The van der Waals surface area contributed by atoms with Gasteiger partial charge in [-0.25, -0.2) is 8.42 Å². The second-order valence-electron chi connectivity index (χ2n) is 9.58. The van der Waals surface area contributed by atoms with E-state index in [4.69, 9.17) is 0 Å². The molecule has 1 atom stereocenters. The predicted molar refractivity (Wildman–Crippen MR) is 139 cm³/mol. The van der Waals surface area contributed by atoms with Crippen LogP contribution in [0.15, 0.2) is 83.8 Å². The van der Waals surface area contributed by atoms with E-state index in [2.05, 4.69) is 31.3 Å². The predicted octanol–water partition coefficient (Wildman–Crippen LogP) is 5.37. The molecule has 0 aromatic heterocycles. The van der Waals surface area contributed by atoms with Crippen LogP contribution in [0.25, 0.3) is 0 Å². The van der Waals surface area contributed by atoms with Crippen LogP contribution >= 0.6 is 0 Å². The van der Waals surface area contributed by atoms with Crippen molar-refractivity contribution in [2.24, 2.45) is 0 Å². The Labute approximate surface area is 203 Å². The SMILES string of the molecule is Cc1ccc(N(CC(=O)NC(C)CC(C)(C)c2ccccc2)S(=O)(=O)c2ccc(C)cc2)cc1. The van der Waals surface area contributed by atoms with Crippen molar-refractivity contribution in [1.82, 2.24) is 5.32 Å². The highest BCUT2D eigenvalue weighted by Crippen LogP contribution is 2.28. The standard InChI is InChI=1S/C28H34N2O3S/c1-21-11-15-25(16-12-21)30(34(32,33)26-17-13-22(2)14-18-26)20-27(31)29-23(3)19-28(4,5)24-9-7-6-8-10-24/h6-18,23H,19-20H2,1-5H3,(H,29,31).